The van der Waals surface area contributed by atoms with E-state index in [9.17, 15) is 22.8 Å². The normalized spacial score (nSPS) is 12.1. The fraction of sp³-hybridized carbons (Fsp3) is 0.286. The lowest BCUT2D eigenvalue weighted by molar-refractivity contribution is -0.138. The average molecular weight is 436 g/mol. The fourth-order valence-corrected chi connectivity index (χ4v) is 3.07. The third-order valence-electron chi connectivity index (χ3n) is 4.55. The number of hydrogen-bond acceptors (Lipinski definition) is 3. The fourth-order valence-electron chi connectivity index (χ4n) is 3.07. The van der Waals surface area contributed by atoms with Gasteiger partial charge in [0.1, 0.15) is 0 Å². The second-order valence-corrected chi connectivity index (χ2v) is 6.93. The Kier molecular flexibility index (Phi) is 7.62. The number of alkyl halides is 3. The summed E-state index contributed by atoms with van der Waals surface area (Å²) in [5.74, 6) is -2.26. The minimum Gasteiger partial charge on any atom is -0.481 e. The van der Waals surface area contributed by atoms with Gasteiger partial charge in [-0.1, -0.05) is 31.2 Å². The van der Waals surface area contributed by atoms with Gasteiger partial charge in [-0.3, -0.25) is 9.59 Å². The van der Waals surface area contributed by atoms with Crippen LogP contribution in [0.5, 0.6) is 0 Å². The molecule has 0 radical (unpaired) electrons. The van der Waals surface area contributed by atoms with Gasteiger partial charge in [-0.25, -0.2) is 4.99 Å². The molecule has 166 valence electrons. The van der Waals surface area contributed by atoms with Gasteiger partial charge in [-0.05, 0) is 41.7 Å². The molecule has 0 aliphatic rings. The molecule has 2 rings (SSSR count). The molecule has 7 nitrogen and oxygen atoms in total. The number of amides is 1. The van der Waals surface area contributed by atoms with E-state index in [2.05, 4.69) is 10.3 Å². The zero-order chi connectivity index (χ0) is 23.2. The quantitative estimate of drug-likeness (QED) is 0.372. The summed E-state index contributed by atoms with van der Waals surface area (Å²) in [5.41, 5.74) is 10.5. The van der Waals surface area contributed by atoms with Crippen LogP contribution in [0, 0.1) is 0 Å². The lowest BCUT2D eigenvalue weighted by Gasteiger charge is -2.15. The summed E-state index contributed by atoms with van der Waals surface area (Å²) >= 11 is 0. The zero-order valence-corrected chi connectivity index (χ0v) is 16.7. The number of nitrogens with zero attached hydrogens (tertiary/aromatic N) is 1. The smallest absolute Gasteiger partial charge is 0.416 e. The van der Waals surface area contributed by atoms with Crippen molar-refractivity contribution in [2.45, 2.75) is 38.4 Å². The first kappa shape index (κ1) is 23.7. The third-order valence-corrected chi connectivity index (χ3v) is 4.55. The topological polar surface area (TPSA) is 131 Å². The number of carbonyl (C=O) groups is 2. The average Bonchev–Trinajstić information content (AvgIpc) is 2.68. The Hall–Kier alpha value is -3.56. The molecule has 0 aliphatic carbocycles. The summed E-state index contributed by atoms with van der Waals surface area (Å²) < 4.78 is 39.5. The summed E-state index contributed by atoms with van der Waals surface area (Å²) in [6.45, 7) is 1.92. The zero-order valence-electron chi connectivity index (χ0n) is 16.7. The Morgan fingerprint density at radius 3 is 2.45 bits per heavy atom. The summed E-state index contributed by atoms with van der Waals surface area (Å²) in [7, 11) is 0. The largest absolute Gasteiger partial charge is 0.481 e. The van der Waals surface area contributed by atoms with Gasteiger partial charge < -0.3 is 21.9 Å². The maximum Gasteiger partial charge on any atom is 0.416 e. The van der Waals surface area contributed by atoms with E-state index in [-0.39, 0.29) is 30.1 Å². The van der Waals surface area contributed by atoms with Crippen LogP contribution in [-0.4, -0.2) is 22.9 Å². The number of carboxylic acids is 1. The van der Waals surface area contributed by atoms with Crippen molar-refractivity contribution in [3.05, 3.63) is 64.7 Å². The molecule has 0 bridgehead atoms. The Bertz CT molecular complexity index is 986. The molecule has 0 heterocycles. The van der Waals surface area contributed by atoms with E-state index in [1.54, 1.807) is 24.3 Å². The molecular formula is C21H23F3N4O3. The van der Waals surface area contributed by atoms with Gasteiger partial charge in [-0.15, -0.1) is 0 Å². The van der Waals surface area contributed by atoms with Crippen LogP contribution in [0.25, 0.3) is 0 Å². The molecule has 2 aromatic carbocycles. The first-order chi connectivity index (χ1) is 14.5. The van der Waals surface area contributed by atoms with Crippen LogP contribution in [0.1, 0.15) is 52.7 Å². The van der Waals surface area contributed by atoms with Gasteiger partial charge in [-0.2, -0.15) is 13.2 Å². The number of aliphatic imine (C=N–C) groups is 1. The highest BCUT2D eigenvalue weighted by atomic mass is 19.4. The van der Waals surface area contributed by atoms with Crippen molar-refractivity contribution in [1.29, 1.82) is 0 Å². The van der Waals surface area contributed by atoms with Crippen molar-refractivity contribution in [2.24, 2.45) is 16.5 Å². The second-order valence-electron chi connectivity index (χ2n) is 6.93. The predicted octanol–water partition coefficient (Wildman–Crippen LogP) is 3.51. The van der Waals surface area contributed by atoms with Crippen molar-refractivity contribution >= 4 is 23.5 Å². The summed E-state index contributed by atoms with van der Waals surface area (Å²) in [6, 6.07) is 9.66. The van der Waals surface area contributed by atoms with Crippen LogP contribution in [0.2, 0.25) is 0 Å². The first-order valence-corrected chi connectivity index (χ1v) is 9.40. The number of carbonyl (C=O) groups excluding carboxylic acids is 1. The van der Waals surface area contributed by atoms with Crippen molar-refractivity contribution in [3.63, 3.8) is 0 Å². The molecule has 31 heavy (non-hydrogen) atoms. The van der Waals surface area contributed by atoms with E-state index in [0.717, 1.165) is 23.8 Å². The van der Waals surface area contributed by atoms with E-state index >= 15 is 0 Å². The summed E-state index contributed by atoms with van der Waals surface area (Å²) in [6.07, 6.45) is -4.08. The molecule has 0 aromatic heterocycles. The van der Waals surface area contributed by atoms with Crippen LogP contribution in [-0.2, 0) is 17.5 Å². The number of rotatable bonds is 8. The number of halogens is 3. The molecule has 0 spiro atoms. The van der Waals surface area contributed by atoms with Gasteiger partial charge >= 0.3 is 12.1 Å². The number of benzene rings is 2. The van der Waals surface area contributed by atoms with Crippen LogP contribution in [0.15, 0.2) is 47.5 Å². The van der Waals surface area contributed by atoms with Gasteiger partial charge in [0, 0.05) is 12.1 Å². The van der Waals surface area contributed by atoms with Crippen molar-refractivity contribution < 1.29 is 27.9 Å². The molecule has 0 saturated carbocycles. The first-order valence-electron chi connectivity index (χ1n) is 9.40. The molecule has 1 amide bonds. The van der Waals surface area contributed by atoms with E-state index < -0.39 is 29.6 Å². The van der Waals surface area contributed by atoms with Gasteiger partial charge in [0.25, 0.3) is 5.91 Å². The van der Waals surface area contributed by atoms with Crippen molar-refractivity contribution in [2.75, 3.05) is 0 Å². The molecular weight excluding hydrogens is 413 g/mol. The molecule has 2 aromatic rings. The van der Waals surface area contributed by atoms with E-state index in [1.807, 2.05) is 6.92 Å². The Labute approximate surface area is 177 Å². The summed E-state index contributed by atoms with van der Waals surface area (Å²) in [5, 5.41) is 11.6. The minimum absolute atomic E-state index is 0.0237. The van der Waals surface area contributed by atoms with Gasteiger partial charge in [0.05, 0.1) is 17.7 Å². The van der Waals surface area contributed by atoms with Gasteiger partial charge in [0.15, 0.2) is 5.96 Å². The number of nitrogens with two attached hydrogens (primary N) is 2. The standard InChI is InChI=1S/C21H23F3N4O3/c1-2-13(9-18(29)30)14-5-3-4-12(6-14)11-27-19(31)15-7-16(21(22,23)24)10-17(8-15)28-20(25)26/h3-8,10,13H,2,9,11H2,1H3,(H,27,31)(H,29,30)(H4,25,26,28). The third kappa shape index (κ3) is 7.02. The molecule has 6 N–H and O–H groups in total. The lowest BCUT2D eigenvalue weighted by atomic mass is 9.92. The van der Waals surface area contributed by atoms with Crippen LogP contribution < -0.4 is 16.8 Å². The van der Waals surface area contributed by atoms with E-state index in [0.29, 0.717) is 12.0 Å². The number of aliphatic carboxylic acids is 1. The number of guanidine groups is 1. The highest BCUT2D eigenvalue weighted by Crippen LogP contribution is 2.33. The van der Waals surface area contributed by atoms with E-state index in [4.69, 9.17) is 16.6 Å². The van der Waals surface area contributed by atoms with Crippen molar-refractivity contribution in [3.8, 4) is 0 Å². The second kappa shape index (κ2) is 9.96. The Balaban J connectivity index is 2.22. The maximum atomic E-state index is 13.2. The van der Waals surface area contributed by atoms with E-state index in [1.165, 1.54) is 0 Å². The number of nitrogens with one attached hydrogen (secondary N) is 1. The highest BCUT2D eigenvalue weighted by molar-refractivity contribution is 5.95. The number of hydrogen-bond donors (Lipinski definition) is 4. The molecule has 1 unspecified atom stereocenters. The van der Waals surface area contributed by atoms with Crippen molar-refractivity contribution in [1.82, 2.24) is 5.32 Å². The van der Waals surface area contributed by atoms with Crippen LogP contribution >= 0.6 is 0 Å². The number of carboxylic acid groups (broad SMARTS) is 1. The lowest BCUT2D eigenvalue weighted by Crippen LogP contribution is -2.24. The Morgan fingerprint density at radius 1 is 1.16 bits per heavy atom. The monoisotopic (exact) mass is 436 g/mol. The Morgan fingerprint density at radius 2 is 1.87 bits per heavy atom. The predicted molar refractivity (Wildman–Crippen MR) is 110 cm³/mol. The van der Waals surface area contributed by atoms with Gasteiger partial charge in [0.2, 0.25) is 0 Å². The SMILES string of the molecule is CCC(CC(=O)O)c1cccc(CNC(=O)c2cc(N=C(N)N)cc(C(F)(F)F)c2)c1. The molecule has 0 aliphatic heterocycles. The van der Waals surface area contributed by atoms with Crippen LogP contribution in [0.3, 0.4) is 0 Å². The molecule has 10 heteroatoms. The minimum atomic E-state index is -4.68. The molecule has 1 atom stereocenters. The molecule has 0 saturated heterocycles. The molecule has 0 fully saturated rings. The highest BCUT2D eigenvalue weighted by Gasteiger charge is 2.32. The maximum absolute atomic E-state index is 13.2. The van der Waals surface area contributed by atoms with Crippen LogP contribution in [0.4, 0.5) is 18.9 Å². The summed E-state index contributed by atoms with van der Waals surface area (Å²) in [4.78, 5) is 27.1.